The van der Waals surface area contributed by atoms with E-state index >= 15 is 0 Å². The van der Waals surface area contributed by atoms with Crippen LogP contribution in [0.1, 0.15) is 37.1 Å². The number of hydrogen-bond donors (Lipinski definition) is 1. The molecule has 1 aliphatic rings. The Balaban J connectivity index is 1.92. The Hall–Kier alpha value is -1.49. The highest BCUT2D eigenvalue weighted by atomic mass is 32.1. The van der Waals surface area contributed by atoms with Gasteiger partial charge >= 0.3 is 5.97 Å². The maximum absolute atomic E-state index is 13.2. The van der Waals surface area contributed by atoms with Gasteiger partial charge in [0, 0.05) is 6.42 Å². The zero-order valence-electron chi connectivity index (χ0n) is 11.1. The van der Waals surface area contributed by atoms with Gasteiger partial charge in [-0.25, -0.2) is 9.37 Å². The topological polar surface area (TPSA) is 50.2 Å². The fraction of sp³-hybridized carbons (Fsp3) is 0.467. The second-order valence-electron chi connectivity index (χ2n) is 5.54. The van der Waals surface area contributed by atoms with Crippen LogP contribution < -0.4 is 0 Å². The first-order valence-electron chi connectivity index (χ1n) is 6.87. The van der Waals surface area contributed by atoms with E-state index in [1.807, 2.05) is 0 Å². The molecule has 106 valence electrons. The SMILES string of the molecule is O=C(O)C1(Cc2nc3ccc(F)cc3s2)CCCCC1. The molecule has 0 amide bonds. The molecule has 1 aromatic heterocycles. The number of carboxylic acids is 1. The van der Waals surface area contributed by atoms with Crippen molar-refractivity contribution >= 4 is 27.5 Å². The van der Waals surface area contributed by atoms with Crippen LogP contribution >= 0.6 is 11.3 Å². The van der Waals surface area contributed by atoms with E-state index < -0.39 is 11.4 Å². The second kappa shape index (κ2) is 5.13. The quantitative estimate of drug-likeness (QED) is 0.930. The van der Waals surface area contributed by atoms with Crippen molar-refractivity contribution in [3.63, 3.8) is 0 Å². The normalized spacial score (nSPS) is 18.2. The van der Waals surface area contributed by atoms with Crippen molar-refractivity contribution in [2.75, 3.05) is 0 Å². The minimum atomic E-state index is -0.720. The van der Waals surface area contributed by atoms with Crippen molar-refractivity contribution < 1.29 is 14.3 Å². The van der Waals surface area contributed by atoms with Gasteiger partial charge in [0.25, 0.3) is 0 Å². The Kier molecular flexibility index (Phi) is 3.46. The average molecular weight is 293 g/mol. The van der Waals surface area contributed by atoms with Gasteiger partial charge < -0.3 is 5.11 Å². The van der Waals surface area contributed by atoms with E-state index in [2.05, 4.69) is 4.98 Å². The highest BCUT2D eigenvalue weighted by Crippen LogP contribution is 2.40. The number of benzene rings is 1. The van der Waals surface area contributed by atoms with Gasteiger partial charge in [-0.15, -0.1) is 11.3 Å². The molecule has 0 atom stereocenters. The van der Waals surface area contributed by atoms with Crippen molar-refractivity contribution in [2.24, 2.45) is 5.41 Å². The summed E-state index contributed by atoms with van der Waals surface area (Å²) in [5, 5.41) is 10.4. The fourth-order valence-corrected chi connectivity index (χ4v) is 4.14. The number of carboxylic acid groups (broad SMARTS) is 1. The molecule has 0 radical (unpaired) electrons. The fourth-order valence-electron chi connectivity index (χ4n) is 3.01. The highest BCUT2D eigenvalue weighted by Gasteiger charge is 2.40. The summed E-state index contributed by atoms with van der Waals surface area (Å²) in [5.74, 6) is -0.999. The number of rotatable bonds is 3. The summed E-state index contributed by atoms with van der Waals surface area (Å²) in [6.07, 6.45) is 4.93. The van der Waals surface area contributed by atoms with Gasteiger partial charge in [-0.3, -0.25) is 4.79 Å². The van der Waals surface area contributed by atoms with Crippen LogP contribution in [-0.2, 0) is 11.2 Å². The van der Waals surface area contributed by atoms with Crippen LogP contribution in [-0.4, -0.2) is 16.1 Å². The van der Waals surface area contributed by atoms with E-state index in [1.165, 1.54) is 23.5 Å². The lowest BCUT2D eigenvalue weighted by Gasteiger charge is -2.32. The molecule has 1 saturated carbocycles. The van der Waals surface area contributed by atoms with Crippen LogP contribution in [0.25, 0.3) is 10.2 Å². The van der Waals surface area contributed by atoms with Gasteiger partial charge in [-0.05, 0) is 31.0 Å². The molecule has 3 rings (SSSR count). The lowest BCUT2D eigenvalue weighted by Crippen LogP contribution is -2.35. The zero-order chi connectivity index (χ0) is 14.2. The summed E-state index contributed by atoms with van der Waals surface area (Å²) < 4.78 is 14.0. The third-order valence-corrected chi connectivity index (χ3v) is 5.17. The number of carbonyl (C=O) groups is 1. The van der Waals surface area contributed by atoms with E-state index in [0.29, 0.717) is 19.3 Å². The first-order chi connectivity index (χ1) is 9.59. The van der Waals surface area contributed by atoms with Crippen molar-refractivity contribution in [1.82, 2.24) is 4.98 Å². The molecule has 2 aromatic rings. The molecule has 0 saturated heterocycles. The van der Waals surface area contributed by atoms with Crippen LogP contribution in [0, 0.1) is 11.2 Å². The number of aliphatic carboxylic acids is 1. The van der Waals surface area contributed by atoms with Crippen LogP contribution in [0.15, 0.2) is 18.2 Å². The van der Waals surface area contributed by atoms with Crippen molar-refractivity contribution in [3.8, 4) is 0 Å². The van der Waals surface area contributed by atoms with E-state index in [4.69, 9.17) is 0 Å². The van der Waals surface area contributed by atoms with Crippen LogP contribution in [0.5, 0.6) is 0 Å². The van der Waals surface area contributed by atoms with Gasteiger partial charge in [0.2, 0.25) is 0 Å². The Morgan fingerprint density at radius 1 is 1.35 bits per heavy atom. The van der Waals surface area contributed by atoms with E-state index in [-0.39, 0.29) is 5.82 Å². The van der Waals surface area contributed by atoms with Crippen LogP contribution in [0.3, 0.4) is 0 Å². The molecule has 5 heteroatoms. The van der Waals surface area contributed by atoms with Crippen LogP contribution in [0.2, 0.25) is 0 Å². The molecule has 1 heterocycles. The summed E-state index contributed by atoms with van der Waals surface area (Å²) in [6, 6.07) is 4.50. The van der Waals surface area contributed by atoms with Crippen LogP contribution in [0.4, 0.5) is 4.39 Å². The summed E-state index contributed by atoms with van der Waals surface area (Å²) in [7, 11) is 0. The molecule has 1 aliphatic carbocycles. The molecule has 1 N–H and O–H groups in total. The maximum Gasteiger partial charge on any atom is 0.310 e. The van der Waals surface area contributed by atoms with Gasteiger partial charge in [0.05, 0.1) is 20.6 Å². The average Bonchev–Trinajstić information content (AvgIpc) is 2.80. The number of fused-ring (bicyclic) bond motifs is 1. The van der Waals surface area contributed by atoms with E-state index in [1.54, 1.807) is 6.07 Å². The predicted octanol–water partition coefficient (Wildman–Crippen LogP) is 4.01. The molecule has 3 nitrogen and oxygen atoms in total. The smallest absolute Gasteiger partial charge is 0.310 e. The minimum absolute atomic E-state index is 0.279. The molecule has 1 fully saturated rings. The standard InChI is InChI=1S/C15H16FNO2S/c16-10-4-5-11-12(8-10)20-13(17-11)9-15(14(18)19)6-2-1-3-7-15/h4-5,8H,1-3,6-7,9H2,(H,18,19). The lowest BCUT2D eigenvalue weighted by molar-refractivity contribution is -0.151. The maximum atomic E-state index is 13.2. The molecule has 0 unspecified atom stereocenters. The van der Waals surface area contributed by atoms with Gasteiger partial charge in [-0.2, -0.15) is 0 Å². The molecule has 1 aromatic carbocycles. The van der Waals surface area contributed by atoms with E-state index in [0.717, 1.165) is 34.5 Å². The molecule has 0 aliphatic heterocycles. The Labute approximate surface area is 120 Å². The summed E-state index contributed by atoms with van der Waals surface area (Å²) >= 11 is 1.41. The Morgan fingerprint density at radius 2 is 2.10 bits per heavy atom. The molecular weight excluding hydrogens is 277 g/mol. The third kappa shape index (κ3) is 2.42. The molecule has 20 heavy (non-hydrogen) atoms. The van der Waals surface area contributed by atoms with Crippen molar-refractivity contribution in [3.05, 3.63) is 29.0 Å². The zero-order valence-corrected chi connectivity index (χ0v) is 11.9. The summed E-state index contributed by atoms with van der Waals surface area (Å²) in [6.45, 7) is 0. The Morgan fingerprint density at radius 3 is 2.80 bits per heavy atom. The second-order valence-corrected chi connectivity index (χ2v) is 6.66. The third-order valence-electron chi connectivity index (χ3n) is 4.15. The lowest BCUT2D eigenvalue weighted by atomic mass is 9.72. The number of hydrogen-bond acceptors (Lipinski definition) is 3. The summed E-state index contributed by atoms with van der Waals surface area (Å²) in [4.78, 5) is 16.1. The molecular formula is C15H16FNO2S. The number of nitrogens with zero attached hydrogens (tertiary/aromatic N) is 1. The van der Waals surface area contributed by atoms with Gasteiger partial charge in [0.1, 0.15) is 5.82 Å². The highest BCUT2D eigenvalue weighted by molar-refractivity contribution is 7.18. The number of aromatic nitrogens is 1. The molecule has 0 bridgehead atoms. The minimum Gasteiger partial charge on any atom is -0.481 e. The van der Waals surface area contributed by atoms with Gasteiger partial charge in [0.15, 0.2) is 0 Å². The first kappa shape index (κ1) is 13.5. The number of halogens is 1. The van der Waals surface area contributed by atoms with Crippen molar-refractivity contribution in [1.29, 1.82) is 0 Å². The van der Waals surface area contributed by atoms with E-state index in [9.17, 15) is 14.3 Å². The molecule has 0 spiro atoms. The van der Waals surface area contributed by atoms with Gasteiger partial charge in [-0.1, -0.05) is 19.3 Å². The Bertz CT molecular complexity index is 646. The van der Waals surface area contributed by atoms with Crippen molar-refractivity contribution in [2.45, 2.75) is 38.5 Å². The number of thiazole rings is 1. The monoisotopic (exact) mass is 293 g/mol. The summed E-state index contributed by atoms with van der Waals surface area (Å²) in [5.41, 5.74) is 0.0766. The first-order valence-corrected chi connectivity index (χ1v) is 7.69. The largest absolute Gasteiger partial charge is 0.481 e. The predicted molar refractivity (Wildman–Crippen MR) is 76.4 cm³/mol.